The molecule has 0 bridgehead atoms. The van der Waals surface area contributed by atoms with Crippen molar-refractivity contribution in [2.45, 2.75) is 13.0 Å². The van der Waals surface area contributed by atoms with Gasteiger partial charge >= 0.3 is 0 Å². The van der Waals surface area contributed by atoms with E-state index in [0.29, 0.717) is 5.96 Å². The van der Waals surface area contributed by atoms with E-state index in [-0.39, 0.29) is 24.3 Å². The highest BCUT2D eigenvalue weighted by atomic mass is 35.5. The molecule has 1 aliphatic heterocycles. The Bertz CT molecular complexity index is 377. The number of hydrogen-bond acceptors (Lipinski definition) is 3. The highest BCUT2D eigenvalue weighted by Crippen LogP contribution is 2.21. The maximum atomic E-state index is 12.7. The standard InChI is InChI=1S/C11H14FN3.ClH/c1-8(15-7-6-14-11(15)13)9-2-4-10(12)5-3-9;/h2-5,8H,6-7H2,1H3,(H2,13,14);1H. The normalized spacial score (nSPS) is 16.6. The first-order valence-corrected chi connectivity index (χ1v) is 5.00. The van der Waals surface area contributed by atoms with Crippen molar-refractivity contribution in [3.05, 3.63) is 35.6 Å². The van der Waals surface area contributed by atoms with Crippen LogP contribution in [0.1, 0.15) is 18.5 Å². The van der Waals surface area contributed by atoms with E-state index in [4.69, 9.17) is 5.73 Å². The maximum absolute atomic E-state index is 12.7. The average molecular weight is 244 g/mol. The number of nitrogens with zero attached hydrogens (tertiary/aromatic N) is 2. The molecule has 1 aliphatic rings. The average Bonchev–Trinajstić information content (AvgIpc) is 2.65. The summed E-state index contributed by atoms with van der Waals surface area (Å²) in [6.45, 7) is 3.63. The second-order valence-corrected chi connectivity index (χ2v) is 3.66. The van der Waals surface area contributed by atoms with Crippen molar-refractivity contribution in [2.75, 3.05) is 13.1 Å². The van der Waals surface area contributed by atoms with Gasteiger partial charge < -0.3 is 10.6 Å². The zero-order valence-electron chi connectivity index (χ0n) is 9.06. The van der Waals surface area contributed by atoms with Crippen LogP contribution in [0, 0.1) is 5.82 Å². The molecule has 0 spiro atoms. The fraction of sp³-hybridized carbons (Fsp3) is 0.364. The molecule has 1 aromatic rings. The molecule has 16 heavy (non-hydrogen) atoms. The van der Waals surface area contributed by atoms with Gasteiger partial charge in [0, 0.05) is 6.54 Å². The summed E-state index contributed by atoms with van der Waals surface area (Å²) in [6, 6.07) is 6.65. The Kier molecular flexibility index (Phi) is 4.12. The second kappa shape index (κ2) is 5.16. The molecule has 1 heterocycles. The molecule has 0 saturated heterocycles. The summed E-state index contributed by atoms with van der Waals surface area (Å²) in [5.74, 6) is 0.362. The predicted molar refractivity (Wildman–Crippen MR) is 65.3 cm³/mol. The smallest absolute Gasteiger partial charge is 0.191 e. The lowest BCUT2D eigenvalue weighted by molar-refractivity contribution is 0.363. The van der Waals surface area contributed by atoms with Crippen molar-refractivity contribution in [3.8, 4) is 0 Å². The van der Waals surface area contributed by atoms with Crippen molar-refractivity contribution in [1.29, 1.82) is 0 Å². The van der Waals surface area contributed by atoms with Crippen LogP contribution in [0.2, 0.25) is 0 Å². The van der Waals surface area contributed by atoms with Crippen LogP contribution in [0.25, 0.3) is 0 Å². The van der Waals surface area contributed by atoms with Crippen LogP contribution in [-0.2, 0) is 0 Å². The number of rotatable bonds is 2. The van der Waals surface area contributed by atoms with E-state index in [9.17, 15) is 4.39 Å². The van der Waals surface area contributed by atoms with Gasteiger partial charge in [0.2, 0.25) is 0 Å². The summed E-state index contributed by atoms with van der Waals surface area (Å²) in [5.41, 5.74) is 6.80. The number of halogens is 2. The van der Waals surface area contributed by atoms with Gasteiger partial charge in [-0.15, -0.1) is 12.4 Å². The van der Waals surface area contributed by atoms with E-state index in [1.807, 2.05) is 11.8 Å². The van der Waals surface area contributed by atoms with Crippen LogP contribution in [0.3, 0.4) is 0 Å². The minimum Gasteiger partial charge on any atom is -0.370 e. The summed E-state index contributed by atoms with van der Waals surface area (Å²) < 4.78 is 12.7. The lowest BCUT2D eigenvalue weighted by Crippen LogP contribution is -2.35. The maximum Gasteiger partial charge on any atom is 0.191 e. The van der Waals surface area contributed by atoms with Crippen molar-refractivity contribution in [3.63, 3.8) is 0 Å². The van der Waals surface area contributed by atoms with Crippen molar-refractivity contribution >= 4 is 18.4 Å². The molecular formula is C11H15ClFN3. The monoisotopic (exact) mass is 243 g/mol. The van der Waals surface area contributed by atoms with E-state index in [2.05, 4.69) is 4.99 Å². The van der Waals surface area contributed by atoms with E-state index < -0.39 is 0 Å². The molecular weight excluding hydrogens is 229 g/mol. The Hall–Kier alpha value is -1.29. The van der Waals surface area contributed by atoms with Crippen LogP contribution in [0.5, 0.6) is 0 Å². The minimum absolute atomic E-state index is 0. The van der Waals surface area contributed by atoms with Gasteiger partial charge in [0.1, 0.15) is 5.82 Å². The SMILES string of the molecule is CC(c1ccc(F)cc1)N1CCN=C1N.Cl. The molecule has 0 radical (unpaired) electrons. The summed E-state index contributed by atoms with van der Waals surface area (Å²) in [4.78, 5) is 6.15. The van der Waals surface area contributed by atoms with Crippen molar-refractivity contribution in [2.24, 2.45) is 10.7 Å². The molecule has 1 atom stereocenters. The molecule has 1 unspecified atom stereocenters. The molecule has 0 aromatic heterocycles. The van der Waals surface area contributed by atoms with Crippen LogP contribution in [0.4, 0.5) is 4.39 Å². The quantitative estimate of drug-likeness (QED) is 0.863. The zero-order chi connectivity index (χ0) is 10.8. The topological polar surface area (TPSA) is 41.6 Å². The first-order chi connectivity index (χ1) is 7.18. The van der Waals surface area contributed by atoms with Gasteiger partial charge in [-0.2, -0.15) is 0 Å². The molecule has 0 fully saturated rings. The van der Waals surface area contributed by atoms with E-state index in [1.165, 1.54) is 12.1 Å². The number of nitrogens with two attached hydrogens (primary N) is 1. The number of hydrogen-bond donors (Lipinski definition) is 1. The predicted octanol–water partition coefficient (Wildman–Crippen LogP) is 1.94. The number of aliphatic imine (C=N–C) groups is 1. The number of benzene rings is 1. The number of guanidine groups is 1. The van der Waals surface area contributed by atoms with Gasteiger partial charge in [-0.25, -0.2) is 4.39 Å². The van der Waals surface area contributed by atoms with E-state index >= 15 is 0 Å². The van der Waals surface area contributed by atoms with Gasteiger partial charge in [-0.05, 0) is 24.6 Å². The Morgan fingerprint density at radius 1 is 1.38 bits per heavy atom. The fourth-order valence-corrected chi connectivity index (χ4v) is 1.79. The van der Waals surface area contributed by atoms with E-state index in [1.54, 1.807) is 12.1 Å². The van der Waals surface area contributed by atoms with Crippen molar-refractivity contribution in [1.82, 2.24) is 4.90 Å². The lowest BCUT2D eigenvalue weighted by atomic mass is 10.1. The molecule has 0 amide bonds. The Labute approximate surface area is 101 Å². The third kappa shape index (κ3) is 2.44. The molecule has 5 heteroatoms. The summed E-state index contributed by atoms with van der Waals surface area (Å²) in [5, 5.41) is 0. The van der Waals surface area contributed by atoms with Gasteiger partial charge in [-0.1, -0.05) is 12.1 Å². The third-order valence-corrected chi connectivity index (χ3v) is 2.73. The molecule has 88 valence electrons. The Balaban J connectivity index is 0.00000128. The lowest BCUT2D eigenvalue weighted by Gasteiger charge is -2.25. The fourth-order valence-electron chi connectivity index (χ4n) is 1.79. The van der Waals surface area contributed by atoms with E-state index in [0.717, 1.165) is 18.7 Å². The van der Waals surface area contributed by atoms with Gasteiger partial charge in [0.05, 0.1) is 12.6 Å². The molecule has 3 nitrogen and oxygen atoms in total. The highest BCUT2D eigenvalue weighted by molar-refractivity contribution is 5.85. The Morgan fingerprint density at radius 2 is 2.00 bits per heavy atom. The molecule has 0 aliphatic carbocycles. The van der Waals surface area contributed by atoms with Crippen LogP contribution < -0.4 is 5.73 Å². The van der Waals surface area contributed by atoms with Crippen LogP contribution >= 0.6 is 12.4 Å². The van der Waals surface area contributed by atoms with Gasteiger partial charge in [0.25, 0.3) is 0 Å². The molecule has 1 aromatic carbocycles. The molecule has 2 rings (SSSR count). The van der Waals surface area contributed by atoms with Gasteiger partial charge in [-0.3, -0.25) is 4.99 Å². The summed E-state index contributed by atoms with van der Waals surface area (Å²) in [7, 11) is 0. The molecule has 0 saturated carbocycles. The van der Waals surface area contributed by atoms with Gasteiger partial charge in [0.15, 0.2) is 5.96 Å². The Morgan fingerprint density at radius 3 is 2.50 bits per heavy atom. The summed E-state index contributed by atoms with van der Waals surface area (Å²) in [6.07, 6.45) is 0. The second-order valence-electron chi connectivity index (χ2n) is 3.66. The minimum atomic E-state index is -0.214. The van der Waals surface area contributed by atoms with Crippen LogP contribution in [-0.4, -0.2) is 23.9 Å². The van der Waals surface area contributed by atoms with Crippen molar-refractivity contribution < 1.29 is 4.39 Å². The third-order valence-electron chi connectivity index (χ3n) is 2.73. The van der Waals surface area contributed by atoms with Crippen LogP contribution in [0.15, 0.2) is 29.3 Å². The first kappa shape index (κ1) is 12.8. The first-order valence-electron chi connectivity index (χ1n) is 5.00. The summed E-state index contributed by atoms with van der Waals surface area (Å²) >= 11 is 0. The molecule has 2 N–H and O–H groups in total. The highest BCUT2D eigenvalue weighted by Gasteiger charge is 2.20. The zero-order valence-corrected chi connectivity index (χ0v) is 9.88. The largest absolute Gasteiger partial charge is 0.370 e.